The Bertz CT molecular complexity index is 617. The summed E-state index contributed by atoms with van der Waals surface area (Å²) in [7, 11) is 0. The van der Waals surface area contributed by atoms with Crippen LogP contribution in [-0.2, 0) is 6.61 Å². The molecule has 20 heavy (non-hydrogen) atoms. The van der Waals surface area contributed by atoms with Gasteiger partial charge in [-0.25, -0.2) is 4.39 Å². The van der Waals surface area contributed by atoms with Crippen LogP contribution in [0.2, 0.25) is 10.0 Å². The summed E-state index contributed by atoms with van der Waals surface area (Å²) in [6.07, 6.45) is 0. The smallest absolute Gasteiger partial charge is 0.127 e. The summed E-state index contributed by atoms with van der Waals surface area (Å²) in [5.41, 5.74) is 7.36. The normalized spacial score (nSPS) is 12.2. The van der Waals surface area contributed by atoms with Gasteiger partial charge in [0.05, 0.1) is 0 Å². The Morgan fingerprint density at radius 3 is 2.60 bits per heavy atom. The van der Waals surface area contributed by atoms with Crippen LogP contribution in [0.3, 0.4) is 0 Å². The molecule has 0 amide bonds. The third-order valence-corrected chi connectivity index (χ3v) is 3.45. The predicted molar refractivity (Wildman–Crippen MR) is 79.8 cm³/mol. The molecule has 0 spiro atoms. The molecule has 0 aliphatic carbocycles. The van der Waals surface area contributed by atoms with E-state index in [2.05, 4.69) is 0 Å². The summed E-state index contributed by atoms with van der Waals surface area (Å²) < 4.78 is 18.9. The first-order valence-corrected chi connectivity index (χ1v) is 6.84. The van der Waals surface area contributed by atoms with Crippen LogP contribution in [-0.4, -0.2) is 0 Å². The molecule has 2 rings (SSSR count). The van der Waals surface area contributed by atoms with E-state index < -0.39 is 0 Å². The lowest BCUT2D eigenvalue weighted by molar-refractivity contribution is 0.300. The molecule has 0 radical (unpaired) electrons. The van der Waals surface area contributed by atoms with Crippen molar-refractivity contribution in [3.63, 3.8) is 0 Å². The van der Waals surface area contributed by atoms with Gasteiger partial charge in [0.15, 0.2) is 0 Å². The van der Waals surface area contributed by atoms with Gasteiger partial charge in [-0.05, 0) is 25.1 Å². The quantitative estimate of drug-likeness (QED) is 0.885. The van der Waals surface area contributed by atoms with Gasteiger partial charge in [0.25, 0.3) is 0 Å². The van der Waals surface area contributed by atoms with Crippen molar-refractivity contribution >= 4 is 23.2 Å². The fourth-order valence-corrected chi connectivity index (χ4v) is 2.27. The Morgan fingerprint density at radius 1 is 1.20 bits per heavy atom. The molecule has 0 aliphatic heterocycles. The first kappa shape index (κ1) is 15.1. The molecule has 0 saturated heterocycles. The lowest BCUT2D eigenvalue weighted by atomic mass is 10.1. The maximum Gasteiger partial charge on any atom is 0.127 e. The van der Waals surface area contributed by atoms with E-state index in [9.17, 15) is 4.39 Å². The largest absolute Gasteiger partial charge is 0.488 e. The summed E-state index contributed by atoms with van der Waals surface area (Å²) in [6, 6.07) is 9.20. The van der Waals surface area contributed by atoms with Crippen LogP contribution >= 0.6 is 23.2 Å². The zero-order chi connectivity index (χ0) is 14.7. The Balaban J connectivity index is 2.20. The minimum Gasteiger partial charge on any atom is -0.488 e. The third kappa shape index (κ3) is 3.63. The maximum absolute atomic E-state index is 13.3. The number of rotatable bonds is 4. The van der Waals surface area contributed by atoms with Crippen LogP contribution in [0.4, 0.5) is 4.39 Å². The molecule has 0 heterocycles. The van der Waals surface area contributed by atoms with Crippen molar-refractivity contribution in [3.05, 3.63) is 63.4 Å². The van der Waals surface area contributed by atoms with Gasteiger partial charge in [0, 0.05) is 33.3 Å². The lowest BCUT2D eigenvalue weighted by Crippen LogP contribution is -2.08. The highest BCUT2D eigenvalue weighted by Gasteiger charge is 2.10. The third-order valence-electron chi connectivity index (χ3n) is 2.86. The van der Waals surface area contributed by atoms with Crippen molar-refractivity contribution in [2.24, 2.45) is 5.73 Å². The van der Waals surface area contributed by atoms with Crippen molar-refractivity contribution in [1.82, 2.24) is 0 Å². The van der Waals surface area contributed by atoms with E-state index in [-0.39, 0.29) is 18.5 Å². The van der Waals surface area contributed by atoms with E-state index in [0.29, 0.717) is 15.8 Å². The average Bonchev–Trinajstić information content (AvgIpc) is 2.37. The van der Waals surface area contributed by atoms with Gasteiger partial charge >= 0.3 is 0 Å². The molecule has 106 valence electrons. The second-order valence-electron chi connectivity index (χ2n) is 4.50. The Labute approximate surface area is 127 Å². The predicted octanol–water partition coefficient (Wildman–Crippen LogP) is 4.73. The summed E-state index contributed by atoms with van der Waals surface area (Å²) >= 11 is 11.9. The first-order chi connectivity index (χ1) is 9.47. The average molecular weight is 314 g/mol. The van der Waals surface area contributed by atoms with Crippen molar-refractivity contribution in [2.45, 2.75) is 19.6 Å². The molecule has 2 aromatic carbocycles. The van der Waals surface area contributed by atoms with Crippen LogP contribution in [0.5, 0.6) is 5.75 Å². The fraction of sp³-hybridized carbons (Fsp3) is 0.200. The lowest BCUT2D eigenvalue weighted by Gasteiger charge is -2.14. The Kier molecular flexibility index (Phi) is 4.86. The highest BCUT2D eigenvalue weighted by molar-refractivity contribution is 6.35. The van der Waals surface area contributed by atoms with E-state index in [4.69, 9.17) is 33.7 Å². The van der Waals surface area contributed by atoms with Gasteiger partial charge in [-0.1, -0.05) is 35.3 Å². The highest BCUT2D eigenvalue weighted by Crippen LogP contribution is 2.27. The van der Waals surface area contributed by atoms with Crippen molar-refractivity contribution in [1.29, 1.82) is 0 Å². The van der Waals surface area contributed by atoms with Gasteiger partial charge in [-0.2, -0.15) is 0 Å². The van der Waals surface area contributed by atoms with Crippen LogP contribution in [0, 0.1) is 5.82 Å². The van der Waals surface area contributed by atoms with Crippen LogP contribution in [0.1, 0.15) is 24.1 Å². The number of halogens is 3. The molecule has 0 fully saturated rings. The highest BCUT2D eigenvalue weighted by atomic mass is 35.5. The van der Waals surface area contributed by atoms with E-state index in [1.54, 1.807) is 24.3 Å². The van der Waals surface area contributed by atoms with E-state index >= 15 is 0 Å². The van der Waals surface area contributed by atoms with Gasteiger partial charge in [0.1, 0.15) is 18.2 Å². The first-order valence-electron chi connectivity index (χ1n) is 6.09. The summed E-state index contributed by atoms with van der Waals surface area (Å²) in [6.45, 7) is 2.04. The minimum absolute atomic E-state index is 0.221. The summed E-state index contributed by atoms with van der Waals surface area (Å²) in [4.78, 5) is 0. The molecule has 0 aliphatic rings. The maximum atomic E-state index is 13.3. The molecule has 5 heteroatoms. The zero-order valence-electron chi connectivity index (χ0n) is 10.9. The molecule has 0 bridgehead atoms. The van der Waals surface area contributed by atoms with Crippen LogP contribution < -0.4 is 10.5 Å². The number of hydrogen-bond donors (Lipinski definition) is 1. The monoisotopic (exact) mass is 313 g/mol. The molecule has 2 N–H and O–H groups in total. The second kappa shape index (κ2) is 6.44. The van der Waals surface area contributed by atoms with Gasteiger partial charge in [0.2, 0.25) is 0 Å². The Morgan fingerprint density at radius 2 is 1.95 bits per heavy atom. The fourth-order valence-electron chi connectivity index (χ4n) is 1.80. The topological polar surface area (TPSA) is 35.2 Å². The van der Waals surface area contributed by atoms with Gasteiger partial charge in [-0.3, -0.25) is 0 Å². The summed E-state index contributed by atoms with van der Waals surface area (Å²) in [5.74, 6) is 0.0534. The molecule has 0 unspecified atom stereocenters. The molecule has 0 aromatic heterocycles. The van der Waals surface area contributed by atoms with Crippen molar-refractivity contribution in [3.8, 4) is 5.75 Å². The standard InChI is InChI=1S/C15H14Cl2FNO/c1-9(19)13-5-4-12(18)7-15(13)20-8-10-2-3-11(16)6-14(10)17/h2-7,9H,8,19H2,1H3/t9-/m1/s1. The van der Waals surface area contributed by atoms with E-state index in [1.165, 1.54) is 12.1 Å². The number of ether oxygens (including phenoxy) is 1. The molecular weight excluding hydrogens is 300 g/mol. The van der Waals surface area contributed by atoms with Crippen LogP contribution in [0.25, 0.3) is 0 Å². The SMILES string of the molecule is C[C@@H](N)c1ccc(F)cc1OCc1ccc(Cl)cc1Cl. The van der Waals surface area contributed by atoms with Crippen LogP contribution in [0.15, 0.2) is 36.4 Å². The van der Waals surface area contributed by atoms with Crippen molar-refractivity contribution in [2.75, 3.05) is 0 Å². The number of benzene rings is 2. The summed E-state index contributed by atoms with van der Waals surface area (Å²) in [5, 5.41) is 1.07. The molecule has 2 nitrogen and oxygen atoms in total. The minimum atomic E-state index is -0.369. The zero-order valence-corrected chi connectivity index (χ0v) is 12.4. The number of hydrogen-bond acceptors (Lipinski definition) is 2. The molecule has 0 saturated carbocycles. The molecule has 1 atom stereocenters. The van der Waals surface area contributed by atoms with E-state index in [0.717, 1.165) is 11.1 Å². The Hall–Kier alpha value is -1.29. The number of nitrogens with two attached hydrogens (primary N) is 1. The van der Waals surface area contributed by atoms with E-state index in [1.807, 2.05) is 6.92 Å². The van der Waals surface area contributed by atoms with Gasteiger partial charge in [-0.15, -0.1) is 0 Å². The van der Waals surface area contributed by atoms with Gasteiger partial charge < -0.3 is 10.5 Å². The second-order valence-corrected chi connectivity index (χ2v) is 5.34. The molecular formula is C15H14Cl2FNO. The van der Waals surface area contributed by atoms with Crippen molar-refractivity contribution < 1.29 is 9.13 Å². The molecule has 2 aromatic rings.